The van der Waals surface area contributed by atoms with Crippen LogP contribution in [-0.2, 0) is 6.42 Å². The molecule has 2 heterocycles. The zero-order chi connectivity index (χ0) is 20.2. The van der Waals surface area contributed by atoms with Gasteiger partial charge in [0, 0.05) is 18.8 Å². The van der Waals surface area contributed by atoms with Gasteiger partial charge in [0.05, 0.1) is 10.4 Å². The lowest BCUT2D eigenvalue weighted by Gasteiger charge is -2.20. The van der Waals surface area contributed by atoms with Crippen molar-refractivity contribution < 1.29 is 9.90 Å². The van der Waals surface area contributed by atoms with E-state index in [9.17, 15) is 9.90 Å². The lowest BCUT2D eigenvalue weighted by molar-refractivity contribution is 0.104. The van der Waals surface area contributed by atoms with E-state index in [-0.39, 0.29) is 18.4 Å². The number of nitrogens with one attached hydrogen (secondary N) is 1. The smallest absolute Gasteiger partial charge is 0.208 e. The quantitative estimate of drug-likeness (QED) is 0.643. The Hall–Kier alpha value is -1.79. The van der Waals surface area contributed by atoms with Gasteiger partial charge in [-0.15, -0.1) is 11.3 Å². The van der Waals surface area contributed by atoms with Crippen molar-refractivity contribution in [2.75, 3.05) is 11.9 Å². The first-order chi connectivity index (χ1) is 14.1. The highest BCUT2D eigenvalue weighted by Gasteiger charge is 2.31. The Morgan fingerprint density at radius 2 is 2.10 bits per heavy atom. The third kappa shape index (κ3) is 4.86. The monoisotopic (exact) mass is 413 g/mol. The van der Waals surface area contributed by atoms with E-state index >= 15 is 0 Å². The normalized spacial score (nSPS) is 25.2. The molecule has 0 radical (unpaired) electrons. The molecule has 6 heteroatoms. The summed E-state index contributed by atoms with van der Waals surface area (Å²) in [6.45, 7) is 2.39. The number of aromatic nitrogens is 2. The molecule has 156 valence electrons. The summed E-state index contributed by atoms with van der Waals surface area (Å²) in [5.41, 5.74) is 1.82. The predicted octanol–water partition coefficient (Wildman–Crippen LogP) is 4.71. The second kappa shape index (κ2) is 9.35. The maximum Gasteiger partial charge on any atom is 0.208 e. The van der Waals surface area contributed by atoms with Crippen molar-refractivity contribution in [2.24, 2.45) is 17.8 Å². The predicted molar refractivity (Wildman–Crippen MR) is 116 cm³/mol. The Balaban J connectivity index is 1.45. The van der Waals surface area contributed by atoms with Crippen molar-refractivity contribution in [1.29, 1.82) is 0 Å². The van der Waals surface area contributed by atoms with Crippen molar-refractivity contribution in [2.45, 2.75) is 64.3 Å². The van der Waals surface area contributed by atoms with Crippen LogP contribution in [0.4, 0.5) is 5.82 Å². The first-order valence-electron chi connectivity index (χ1n) is 10.9. The Bertz CT molecular complexity index is 831. The van der Waals surface area contributed by atoms with Crippen LogP contribution < -0.4 is 5.32 Å². The summed E-state index contributed by atoms with van der Waals surface area (Å²) in [4.78, 5) is 22.4. The molecule has 2 aliphatic carbocycles. The summed E-state index contributed by atoms with van der Waals surface area (Å²) in [5.74, 6) is 2.16. The molecule has 0 unspecified atom stereocenters. The van der Waals surface area contributed by atoms with E-state index in [4.69, 9.17) is 0 Å². The van der Waals surface area contributed by atoms with Gasteiger partial charge >= 0.3 is 0 Å². The van der Waals surface area contributed by atoms with E-state index in [0.29, 0.717) is 23.2 Å². The highest BCUT2D eigenvalue weighted by atomic mass is 32.1. The van der Waals surface area contributed by atoms with Gasteiger partial charge in [-0.1, -0.05) is 39.0 Å². The van der Waals surface area contributed by atoms with Gasteiger partial charge in [0.25, 0.3) is 0 Å². The van der Waals surface area contributed by atoms with E-state index in [1.807, 2.05) is 0 Å². The van der Waals surface area contributed by atoms with Crippen LogP contribution in [0, 0.1) is 17.8 Å². The second-order valence-electron chi connectivity index (χ2n) is 8.87. The molecule has 5 nitrogen and oxygen atoms in total. The van der Waals surface area contributed by atoms with E-state index in [1.165, 1.54) is 55.3 Å². The Labute approximate surface area is 177 Å². The van der Waals surface area contributed by atoms with Crippen LogP contribution in [0.2, 0.25) is 0 Å². The third-order valence-corrected chi connectivity index (χ3v) is 7.68. The van der Waals surface area contributed by atoms with Gasteiger partial charge in [0.2, 0.25) is 5.78 Å². The molecule has 29 heavy (non-hydrogen) atoms. The highest BCUT2D eigenvalue weighted by molar-refractivity contribution is 7.12. The van der Waals surface area contributed by atoms with Crippen LogP contribution in [0.15, 0.2) is 24.0 Å². The average molecular weight is 414 g/mol. The fourth-order valence-electron chi connectivity index (χ4n) is 4.97. The van der Waals surface area contributed by atoms with Gasteiger partial charge in [-0.25, -0.2) is 9.97 Å². The molecule has 2 fully saturated rings. The standard InChI is InChI=1S/C23H31N3O2S/c1-15-7-19(10-18(15)12-27)26-23-20(11-24-14-25-23)22(28)21-9-17(13-29-21)8-16-5-3-2-4-6-16/h9,11,13-16,18-19,27H,2-8,10,12H2,1H3,(H,24,25,26)/t15-,18+,19-/m0/s1. The van der Waals surface area contributed by atoms with Gasteiger partial charge < -0.3 is 10.4 Å². The van der Waals surface area contributed by atoms with Gasteiger partial charge in [0.15, 0.2) is 0 Å². The molecule has 0 bridgehead atoms. The molecule has 4 rings (SSSR count). The molecule has 2 saturated carbocycles. The number of thiophene rings is 1. The molecule has 0 amide bonds. The maximum atomic E-state index is 13.2. The van der Waals surface area contributed by atoms with Crippen LogP contribution in [0.25, 0.3) is 0 Å². The lowest BCUT2D eigenvalue weighted by atomic mass is 9.85. The minimum Gasteiger partial charge on any atom is -0.396 e. The fraction of sp³-hybridized carbons (Fsp3) is 0.609. The lowest BCUT2D eigenvalue weighted by Crippen LogP contribution is -2.19. The number of hydrogen-bond donors (Lipinski definition) is 2. The molecule has 2 aromatic heterocycles. The minimum absolute atomic E-state index is 0.00209. The molecule has 0 spiro atoms. The Morgan fingerprint density at radius 1 is 1.28 bits per heavy atom. The molecule has 2 N–H and O–H groups in total. The molecule has 3 atom stereocenters. The third-order valence-electron chi connectivity index (χ3n) is 6.71. The number of rotatable bonds is 7. The number of carbonyl (C=O) groups excluding carboxylic acids is 1. The summed E-state index contributed by atoms with van der Waals surface area (Å²) < 4.78 is 0. The number of aliphatic hydroxyl groups is 1. The van der Waals surface area contributed by atoms with Crippen molar-refractivity contribution in [1.82, 2.24) is 9.97 Å². The summed E-state index contributed by atoms with van der Waals surface area (Å²) in [7, 11) is 0. The Kier molecular flexibility index (Phi) is 6.60. The molecular formula is C23H31N3O2S. The molecule has 0 saturated heterocycles. The maximum absolute atomic E-state index is 13.2. The minimum atomic E-state index is -0.00209. The van der Waals surface area contributed by atoms with Crippen LogP contribution in [0.1, 0.15) is 72.7 Å². The van der Waals surface area contributed by atoms with E-state index in [1.54, 1.807) is 6.20 Å². The number of anilines is 1. The molecule has 0 aliphatic heterocycles. The SMILES string of the molecule is C[C@H]1C[C@H](Nc2ncncc2C(=O)c2cc(CC3CCCCC3)cs2)C[C@@H]1CO. The molecular weight excluding hydrogens is 382 g/mol. The topological polar surface area (TPSA) is 75.1 Å². The van der Waals surface area contributed by atoms with E-state index in [2.05, 4.69) is 33.7 Å². The Morgan fingerprint density at radius 3 is 2.86 bits per heavy atom. The van der Waals surface area contributed by atoms with Crippen LogP contribution in [0.3, 0.4) is 0 Å². The van der Waals surface area contributed by atoms with E-state index in [0.717, 1.165) is 30.1 Å². The van der Waals surface area contributed by atoms with E-state index < -0.39 is 0 Å². The summed E-state index contributed by atoms with van der Waals surface area (Å²) in [6.07, 6.45) is 12.8. The number of carbonyl (C=O) groups is 1. The summed E-state index contributed by atoms with van der Waals surface area (Å²) >= 11 is 1.53. The van der Waals surface area contributed by atoms with Gasteiger partial charge in [-0.3, -0.25) is 4.79 Å². The number of aliphatic hydroxyl groups excluding tert-OH is 1. The highest BCUT2D eigenvalue weighted by Crippen LogP contribution is 2.34. The van der Waals surface area contributed by atoms with Crippen molar-refractivity contribution in [3.8, 4) is 0 Å². The number of nitrogens with zero attached hydrogens (tertiary/aromatic N) is 2. The van der Waals surface area contributed by atoms with Crippen LogP contribution in [0.5, 0.6) is 0 Å². The number of hydrogen-bond acceptors (Lipinski definition) is 6. The van der Waals surface area contributed by atoms with Crippen molar-refractivity contribution >= 4 is 22.9 Å². The van der Waals surface area contributed by atoms with Gasteiger partial charge in [0.1, 0.15) is 12.1 Å². The van der Waals surface area contributed by atoms with Crippen molar-refractivity contribution in [3.05, 3.63) is 40.0 Å². The zero-order valence-electron chi connectivity index (χ0n) is 17.1. The van der Waals surface area contributed by atoms with Gasteiger partial charge in [-0.2, -0.15) is 0 Å². The average Bonchev–Trinajstić information content (AvgIpc) is 3.35. The van der Waals surface area contributed by atoms with Gasteiger partial charge in [-0.05, 0) is 54.0 Å². The summed E-state index contributed by atoms with van der Waals surface area (Å²) in [5, 5.41) is 15.1. The first kappa shape index (κ1) is 20.5. The molecule has 2 aromatic rings. The number of ketones is 1. The molecule has 2 aliphatic rings. The summed E-state index contributed by atoms with van der Waals surface area (Å²) in [6, 6.07) is 2.30. The van der Waals surface area contributed by atoms with Crippen LogP contribution >= 0.6 is 11.3 Å². The fourth-order valence-corrected chi connectivity index (χ4v) is 5.85. The molecule has 0 aromatic carbocycles. The van der Waals surface area contributed by atoms with Crippen molar-refractivity contribution in [3.63, 3.8) is 0 Å². The zero-order valence-corrected chi connectivity index (χ0v) is 18.0. The second-order valence-corrected chi connectivity index (χ2v) is 9.79. The van der Waals surface area contributed by atoms with Crippen LogP contribution in [-0.4, -0.2) is 33.5 Å². The largest absolute Gasteiger partial charge is 0.396 e. The first-order valence-corrected chi connectivity index (χ1v) is 11.8.